The highest BCUT2D eigenvalue weighted by Crippen LogP contribution is 2.38. The van der Waals surface area contributed by atoms with E-state index in [1.807, 2.05) is 32.6 Å². The zero-order valence-corrected chi connectivity index (χ0v) is 27.9. The van der Waals surface area contributed by atoms with Crippen LogP contribution >= 0.6 is 0 Å². The van der Waals surface area contributed by atoms with Gasteiger partial charge in [-0.2, -0.15) is 4.98 Å². The Morgan fingerprint density at radius 2 is 1.79 bits per heavy atom. The maximum absolute atomic E-state index is 16.5. The van der Waals surface area contributed by atoms with Gasteiger partial charge in [-0.05, 0) is 62.1 Å². The van der Waals surface area contributed by atoms with Crippen LogP contribution in [0.3, 0.4) is 0 Å². The van der Waals surface area contributed by atoms with Crippen molar-refractivity contribution in [1.82, 2.24) is 29.3 Å². The molecule has 3 aromatic heterocycles. The summed E-state index contributed by atoms with van der Waals surface area (Å²) < 4.78 is 33.7. The minimum atomic E-state index is -0.858. The van der Waals surface area contributed by atoms with Gasteiger partial charge in [0.2, 0.25) is 5.91 Å². The molecule has 2 atom stereocenters. The number of aromatic nitrogens is 4. The van der Waals surface area contributed by atoms with Crippen LogP contribution in [-0.4, -0.2) is 87.1 Å². The summed E-state index contributed by atoms with van der Waals surface area (Å²) in [6.45, 7) is 12.2. The number of nitrogens with zero attached hydrogens (tertiary/aromatic N) is 8. The lowest BCUT2D eigenvalue weighted by Gasteiger charge is -2.44. The average Bonchev–Trinajstić information content (AvgIpc) is 3.06. The van der Waals surface area contributed by atoms with Gasteiger partial charge in [-0.15, -0.1) is 0 Å². The van der Waals surface area contributed by atoms with Gasteiger partial charge in [-0.3, -0.25) is 14.7 Å². The zero-order chi connectivity index (χ0) is 34.6. The Morgan fingerprint density at radius 3 is 2.50 bits per heavy atom. The van der Waals surface area contributed by atoms with E-state index in [9.17, 15) is 14.4 Å². The number of anilines is 2. The molecule has 11 nitrogen and oxygen atoms in total. The highest BCUT2D eigenvalue weighted by molar-refractivity contribution is 5.97. The van der Waals surface area contributed by atoms with Crippen molar-refractivity contribution in [1.29, 1.82) is 0 Å². The summed E-state index contributed by atoms with van der Waals surface area (Å²) >= 11 is 0. The Morgan fingerprint density at radius 1 is 1.04 bits per heavy atom. The van der Waals surface area contributed by atoms with Gasteiger partial charge < -0.3 is 14.7 Å². The summed E-state index contributed by atoms with van der Waals surface area (Å²) in [4.78, 5) is 60.8. The molecule has 2 aliphatic rings. The van der Waals surface area contributed by atoms with Gasteiger partial charge >= 0.3 is 11.7 Å². The van der Waals surface area contributed by atoms with Crippen LogP contribution in [0.5, 0.6) is 0 Å². The fraction of sp³-hybridized carbons (Fsp3) is 0.371. The van der Waals surface area contributed by atoms with E-state index in [4.69, 9.17) is 4.98 Å². The van der Waals surface area contributed by atoms with Gasteiger partial charge in [-0.25, -0.2) is 27.9 Å². The maximum atomic E-state index is 16.5. The highest BCUT2D eigenvalue weighted by Gasteiger charge is 2.35. The van der Waals surface area contributed by atoms with Gasteiger partial charge in [0.05, 0.1) is 28.0 Å². The number of carbonyl (C=O) groups excluding carboxylic acids is 2. The van der Waals surface area contributed by atoms with E-state index in [1.165, 1.54) is 51.8 Å². The maximum Gasteiger partial charge on any atom is 0.355 e. The van der Waals surface area contributed by atoms with Crippen LogP contribution < -0.4 is 15.5 Å². The number of piperazine rings is 1. The van der Waals surface area contributed by atoms with Crippen molar-refractivity contribution in [2.75, 3.05) is 43.5 Å². The van der Waals surface area contributed by atoms with Crippen LogP contribution in [0.1, 0.15) is 44.9 Å². The molecule has 3 amide bonds. The van der Waals surface area contributed by atoms with E-state index < -0.39 is 23.4 Å². The first-order valence-corrected chi connectivity index (χ1v) is 15.9. The number of urea groups is 1. The SMILES string of the molecule is C=CC(=O)N1C[C@H](C)N(c2nc(=O)n3c4nc(c(F)cc24)-c2c(F)cccc2N(C)C(=O)N(C)CCc2ccnc(C(C)C)c2-3)C[C@H]1C. The molecule has 48 heavy (non-hydrogen) atoms. The zero-order valence-electron chi connectivity index (χ0n) is 27.9. The molecule has 0 saturated carbocycles. The minimum Gasteiger partial charge on any atom is -0.349 e. The van der Waals surface area contributed by atoms with Crippen molar-refractivity contribution < 1.29 is 18.4 Å². The van der Waals surface area contributed by atoms with Crippen molar-refractivity contribution in [2.45, 2.75) is 52.1 Å². The van der Waals surface area contributed by atoms with Crippen LogP contribution in [0.25, 0.3) is 28.0 Å². The summed E-state index contributed by atoms with van der Waals surface area (Å²) in [6, 6.07) is 6.16. The molecule has 4 aromatic rings. The van der Waals surface area contributed by atoms with Gasteiger partial charge in [0.25, 0.3) is 0 Å². The van der Waals surface area contributed by atoms with Crippen molar-refractivity contribution in [3.8, 4) is 16.9 Å². The molecular formula is C35H38F2N8O3. The minimum absolute atomic E-state index is 0.0674. The van der Waals surface area contributed by atoms with E-state index in [1.54, 1.807) is 24.2 Å². The van der Waals surface area contributed by atoms with E-state index in [0.717, 1.165) is 0 Å². The van der Waals surface area contributed by atoms with Crippen molar-refractivity contribution in [3.05, 3.63) is 82.6 Å². The Balaban J connectivity index is 1.72. The molecule has 6 rings (SSSR count). The Labute approximate surface area is 277 Å². The first-order valence-electron chi connectivity index (χ1n) is 15.9. The summed E-state index contributed by atoms with van der Waals surface area (Å²) in [5.41, 5.74) is 0.677. The van der Waals surface area contributed by atoms with E-state index in [2.05, 4.69) is 16.5 Å². The molecular weight excluding hydrogens is 618 g/mol. The van der Waals surface area contributed by atoms with Crippen LogP contribution in [0.15, 0.2) is 54.0 Å². The van der Waals surface area contributed by atoms with Gasteiger partial charge in [0.15, 0.2) is 11.5 Å². The van der Waals surface area contributed by atoms with Crippen LogP contribution in [-0.2, 0) is 11.2 Å². The topological polar surface area (TPSA) is 108 Å². The molecule has 13 heteroatoms. The van der Waals surface area contributed by atoms with E-state index in [-0.39, 0.29) is 64.2 Å². The molecule has 0 N–H and O–H groups in total. The number of rotatable bonds is 3. The molecule has 0 radical (unpaired) electrons. The van der Waals surface area contributed by atoms with E-state index >= 15 is 8.78 Å². The third-order valence-electron chi connectivity index (χ3n) is 9.24. The lowest BCUT2D eigenvalue weighted by molar-refractivity contribution is -0.128. The Bertz CT molecular complexity index is 2030. The number of pyridine rings is 2. The lowest BCUT2D eigenvalue weighted by atomic mass is 10.0. The monoisotopic (exact) mass is 656 g/mol. The molecule has 250 valence electrons. The number of halogens is 2. The van der Waals surface area contributed by atoms with Crippen molar-refractivity contribution in [2.24, 2.45) is 0 Å². The predicted molar refractivity (Wildman–Crippen MR) is 181 cm³/mol. The summed E-state index contributed by atoms with van der Waals surface area (Å²) in [6.07, 6.45) is 3.27. The lowest BCUT2D eigenvalue weighted by Crippen LogP contribution is -2.58. The molecule has 0 spiro atoms. The van der Waals surface area contributed by atoms with Crippen LogP contribution in [0, 0.1) is 11.6 Å². The van der Waals surface area contributed by atoms with Gasteiger partial charge in [0, 0.05) is 52.0 Å². The molecule has 1 saturated heterocycles. The van der Waals surface area contributed by atoms with E-state index in [0.29, 0.717) is 36.5 Å². The smallest absolute Gasteiger partial charge is 0.349 e. The fourth-order valence-corrected chi connectivity index (χ4v) is 6.71. The van der Waals surface area contributed by atoms with Crippen molar-refractivity contribution >= 4 is 34.5 Å². The van der Waals surface area contributed by atoms with Crippen LogP contribution in [0.4, 0.5) is 25.1 Å². The molecule has 1 fully saturated rings. The number of likely N-dealkylation sites (N-methyl/N-ethyl adjacent to an activating group) is 1. The molecule has 5 heterocycles. The number of fused-ring (bicyclic) bond motifs is 5. The number of amides is 3. The fourth-order valence-electron chi connectivity index (χ4n) is 6.71. The first kappa shape index (κ1) is 32.7. The number of carbonyl (C=O) groups is 2. The Kier molecular flexibility index (Phi) is 8.48. The molecule has 0 aliphatic carbocycles. The summed E-state index contributed by atoms with van der Waals surface area (Å²) in [7, 11) is 3.13. The van der Waals surface area contributed by atoms with Crippen molar-refractivity contribution in [3.63, 3.8) is 0 Å². The second-order valence-corrected chi connectivity index (χ2v) is 12.8. The molecule has 2 bridgehead atoms. The van der Waals surface area contributed by atoms with Crippen LogP contribution in [0.2, 0.25) is 0 Å². The van der Waals surface area contributed by atoms with Gasteiger partial charge in [-0.1, -0.05) is 26.5 Å². The quantitative estimate of drug-likeness (QED) is 0.289. The normalized spacial score (nSPS) is 18.4. The third-order valence-corrected chi connectivity index (χ3v) is 9.24. The predicted octanol–water partition coefficient (Wildman–Crippen LogP) is 4.90. The van der Waals surface area contributed by atoms with Gasteiger partial charge in [0.1, 0.15) is 17.3 Å². The second-order valence-electron chi connectivity index (χ2n) is 12.8. The summed E-state index contributed by atoms with van der Waals surface area (Å²) in [5, 5.41) is 0.234. The number of hydrogen-bond donors (Lipinski definition) is 0. The highest BCUT2D eigenvalue weighted by atomic mass is 19.1. The second kappa shape index (κ2) is 12.4. The standard InChI is InChI=1S/C35H38F2N8O3/c1-8-27(46)43-17-21(5)44(18-20(43)4)32-23-16-25(37)30-28-24(36)10-9-11-26(28)42(7)35(48)41(6)15-13-22-12-14-38-29(19(2)3)31(22)45(33(23)39-30)34(47)40-32/h8-12,14,16,19-21H,1,13,15,17-18H2,2-7H3/t20-,21+/m1/s1. The molecule has 2 aliphatic heterocycles. The molecule has 0 unspecified atom stereocenters. The average molecular weight is 657 g/mol. The largest absolute Gasteiger partial charge is 0.355 e. The Hall–Kier alpha value is -5.20. The summed E-state index contributed by atoms with van der Waals surface area (Å²) in [5.74, 6) is -1.79. The first-order chi connectivity index (χ1) is 22.8. The number of benzene rings is 1. The number of hydrogen-bond acceptors (Lipinski definition) is 7. The molecule has 1 aromatic carbocycles. The third kappa shape index (κ3) is 5.36.